The van der Waals surface area contributed by atoms with Gasteiger partial charge in [-0.25, -0.2) is 4.98 Å². The van der Waals surface area contributed by atoms with E-state index >= 15 is 0 Å². The van der Waals surface area contributed by atoms with Crippen LogP contribution >= 0.6 is 11.3 Å². The predicted molar refractivity (Wildman–Crippen MR) is 89.2 cm³/mol. The number of nitrogens with one attached hydrogen (secondary N) is 1. The molecule has 21 heavy (non-hydrogen) atoms. The Hall–Kier alpha value is -1.39. The molecule has 2 aromatic rings. The summed E-state index contributed by atoms with van der Waals surface area (Å²) < 4.78 is 5.83. The van der Waals surface area contributed by atoms with Gasteiger partial charge in [0.25, 0.3) is 0 Å². The van der Waals surface area contributed by atoms with Crippen LogP contribution in [-0.4, -0.2) is 17.6 Å². The molecule has 0 aliphatic carbocycles. The zero-order chi connectivity index (χ0) is 15.2. The van der Waals surface area contributed by atoms with Crippen LogP contribution in [0.4, 0.5) is 0 Å². The maximum atomic E-state index is 5.83. The molecule has 0 amide bonds. The summed E-state index contributed by atoms with van der Waals surface area (Å²) in [4.78, 5) is 5.74. The van der Waals surface area contributed by atoms with Crippen LogP contribution in [0.1, 0.15) is 34.9 Å². The van der Waals surface area contributed by atoms with Crippen molar-refractivity contribution in [2.45, 2.75) is 46.7 Å². The first-order valence-corrected chi connectivity index (χ1v) is 8.22. The maximum Gasteiger partial charge on any atom is 0.119 e. The topological polar surface area (TPSA) is 34.1 Å². The fraction of sp³-hybridized carbons (Fsp3) is 0.471. The number of nitrogens with zero attached hydrogens (tertiary/aromatic N) is 1. The van der Waals surface area contributed by atoms with E-state index in [0.29, 0.717) is 12.6 Å². The van der Waals surface area contributed by atoms with Gasteiger partial charge in [-0.1, -0.05) is 19.9 Å². The SMILES string of the molecule is Cc1cc(C)cc(OCCc2ncc(CNC(C)C)s2)c1. The second-order valence-corrected chi connectivity index (χ2v) is 6.88. The molecule has 0 unspecified atom stereocenters. The Morgan fingerprint density at radius 3 is 2.57 bits per heavy atom. The third kappa shape index (κ3) is 5.48. The van der Waals surface area contributed by atoms with Gasteiger partial charge in [-0.15, -0.1) is 11.3 Å². The average Bonchev–Trinajstić information content (AvgIpc) is 2.83. The molecule has 0 spiro atoms. The lowest BCUT2D eigenvalue weighted by atomic mass is 10.1. The smallest absolute Gasteiger partial charge is 0.119 e. The fourth-order valence-corrected chi connectivity index (χ4v) is 2.98. The molecule has 0 radical (unpaired) electrons. The molecule has 3 nitrogen and oxygen atoms in total. The van der Waals surface area contributed by atoms with Crippen LogP contribution < -0.4 is 10.1 Å². The van der Waals surface area contributed by atoms with E-state index in [4.69, 9.17) is 4.74 Å². The van der Waals surface area contributed by atoms with Crippen molar-refractivity contribution in [2.24, 2.45) is 0 Å². The first-order chi connectivity index (χ1) is 10.0. The van der Waals surface area contributed by atoms with E-state index in [1.54, 1.807) is 11.3 Å². The van der Waals surface area contributed by atoms with Crippen LogP contribution in [0.25, 0.3) is 0 Å². The van der Waals surface area contributed by atoms with E-state index in [0.717, 1.165) is 23.7 Å². The second kappa shape index (κ2) is 7.57. The van der Waals surface area contributed by atoms with E-state index in [1.165, 1.54) is 16.0 Å². The highest BCUT2D eigenvalue weighted by Gasteiger charge is 2.04. The summed E-state index contributed by atoms with van der Waals surface area (Å²) in [5, 5.41) is 4.55. The molecule has 0 fully saturated rings. The lowest BCUT2D eigenvalue weighted by Crippen LogP contribution is -2.21. The lowest BCUT2D eigenvalue weighted by Gasteiger charge is -2.07. The summed E-state index contributed by atoms with van der Waals surface area (Å²) in [5.74, 6) is 0.950. The molecule has 0 saturated carbocycles. The highest BCUT2D eigenvalue weighted by molar-refractivity contribution is 7.11. The van der Waals surface area contributed by atoms with Gasteiger partial charge in [0.05, 0.1) is 11.6 Å². The minimum atomic E-state index is 0.503. The minimum Gasteiger partial charge on any atom is -0.493 e. The number of thiazole rings is 1. The van der Waals surface area contributed by atoms with E-state index < -0.39 is 0 Å². The number of aryl methyl sites for hydroxylation is 2. The number of aromatic nitrogens is 1. The summed E-state index contributed by atoms with van der Waals surface area (Å²) in [6, 6.07) is 6.81. The molecular formula is C17H24N2OS. The molecular weight excluding hydrogens is 280 g/mol. The Labute approximate surface area is 131 Å². The third-order valence-electron chi connectivity index (χ3n) is 3.07. The summed E-state index contributed by atoms with van der Waals surface area (Å²) in [5.41, 5.74) is 2.47. The molecule has 0 aliphatic heterocycles. The van der Waals surface area contributed by atoms with Crippen LogP contribution in [0.2, 0.25) is 0 Å². The van der Waals surface area contributed by atoms with E-state index in [-0.39, 0.29) is 0 Å². The summed E-state index contributed by atoms with van der Waals surface area (Å²) in [7, 11) is 0. The van der Waals surface area contributed by atoms with Crippen LogP contribution in [0.3, 0.4) is 0 Å². The van der Waals surface area contributed by atoms with Crippen molar-refractivity contribution in [1.29, 1.82) is 0 Å². The van der Waals surface area contributed by atoms with Gasteiger partial charge in [0.2, 0.25) is 0 Å². The first kappa shape index (κ1) is 16.0. The van der Waals surface area contributed by atoms with Crippen LogP contribution in [0.15, 0.2) is 24.4 Å². The van der Waals surface area contributed by atoms with Crippen molar-refractivity contribution >= 4 is 11.3 Å². The predicted octanol–water partition coefficient (Wildman–Crippen LogP) is 3.88. The lowest BCUT2D eigenvalue weighted by molar-refractivity contribution is 0.321. The molecule has 114 valence electrons. The van der Waals surface area contributed by atoms with E-state index in [9.17, 15) is 0 Å². The molecule has 1 aromatic carbocycles. The molecule has 0 aliphatic rings. The van der Waals surface area contributed by atoms with Gasteiger partial charge >= 0.3 is 0 Å². The van der Waals surface area contributed by atoms with Gasteiger partial charge in [0.15, 0.2) is 0 Å². The molecule has 0 saturated heterocycles. The third-order valence-corrected chi connectivity index (χ3v) is 4.12. The average molecular weight is 304 g/mol. The zero-order valence-corrected chi connectivity index (χ0v) is 14.1. The molecule has 4 heteroatoms. The zero-order valence-electron chi connectivity index (χ0n) is 13.3. The second-order valence-electron chi connectivity index (χ2n) is 5.68. The maximum absolute atomic E-state index is 5.83. The van der Waals surface area contributed by atoms with Crippen LogP contribution in [0, 0.1) is 13.8 Å². The summed E-state index contributed by atoms with van der Waals surface area (Å²) >= 11 is 1.76. The molecule has 0 atom stereocenters. The minimum absolute atomic E-state index is 0.503. The number of ether oxygens (including phenoxy) is 1. The van der Waals surface area contributed by atoms with Crippen LogP contribution in [-0.2, 0) is 13.0 Å². The van der Waals surface area contributed by atoms with Crippen molar-refractivity contribution in [3.05, 3.63) is 45.4 Å². The van der Waals surface area contributed by atoms with E-state index in [1.807, 2.05) is 6.20 Å². The first-order valence-electron chi connectivity index (χ1n) is 7.41. The monoisotopic (exact) mass is 304 g/mol. The van der Waals surface area contributed by atoms with Gasteiger partial charge in [-0.3, -0.25) is 0 Å². The summed E-state index contributed by atoms with van der Waals surface area (Å²) in [6.07, 6.45) is 2.82. The van der Waals surface area contributed by atoms with Gasteiger partial charge in [-0.2, -0.15) is 0 Å². The fourth-order valence-electron chi connectivity index (χ4n) is 2.12. The Kier molecular flexibility index (Phi) is 5.76. The van der Waals surface area contributed by atoms with Crippen molar-refractivity contribution in [3.63, 3.8) is 0 Å². The Bertz CT molecular complexity index is 558. The van der Waals surface area contributed by atoms with Gasteiger partial charge < -0.3 is 10.1 Å². The Morgan fingerprint density at radius 1 is 1.19 bits per heavy atom. The van der Waals surface area contributed by atoms with Gasteiger partial charge in [0.1, 0.15) is 5.75 Å². The summed E-state index contributed by atoms with van der Waals surface area (Å²) in [6.45, 7) is 10.1. The highest BCUT2D eigenvalue weighted by Crippen LogP contribution is 2.18. The van der Waals surface area contributed by atoms with Crippen molar-refractivity contribution in [2.75, 3.05) is 6.61 Å². The number of benzene rings is 1. The molecule has 0 bridgehead atoms. The highest BCUT2D eigenvalue weighted by atomic mass is 32.1. The normalized spacial score (nSPS) is 11.1. The van der Waals surface area contributed by atoms with Gasteiger partial charge in [-0.05, 0) is 37.1 Å². The Morgan fingerprint density at radius 2 is 1.90 bits per heavy atom. The molecule has 2 rings (SSSR count). The van der Waals surface area contributed by atoms with E-state index in [2.05, 4.69) is 56.2 Å². The molecule has 1 aromatic heterocycles. The van der Waals surface area contributed by atoms with Gasteiger partial charge in [0, 0.05) is 30.1 Å². The largest absolute Gasteiger partial charge is 0.493 e. The number of rotatable bonds is 7. The Balaban J connectivity index is 1.80. The number of hydrogen-bond acceptors (Lipinski definition) is 4. The van der Waals surface area contributed by atoms with Crippen molar-refractivity contribution < 1.29 is 4.74 Å². The quantitative estimate of drug-likeness (QED) is 0.843. The van der Waals surface area contributed by atoms with Crippen LogP contribution in [0.5, 0.6) is 5.75 Å². The molecule has 1 N–H and O–H groups in total. The van der Waals surface area contributed by atoms with Crippen molar-refractivity contribution in [3.8, 4) is 5.75 Å². The molecule has 1 heterocycles. The van der Waals surface area contributed by atoms with Crippen molar-refractivity contribution in [1.82, 2.24) is 10.3 Å². The number of hydrogen-bond donors (Lipinski definition) is 1. The standard InChI is InChI=1S/C17H24N2OS/c1-12(2)18-10-16-11-19-17(21-16)5-6-20-15-8-13(3)7-14(4)9-15/h7-9,11-12,18H,5-6,10H2,1-4H3.